The Morgan fingerprint density at radius 1 is 0.978 bits per heavy atom. The molecule has 0 bridgehead atoms. The number of carbonyl (C=O) groups is 4. The molecule has 13 heteroatoms. The number of morpholine rings is 1. The maximum absolute atomic E-state index is 14.3. The molecular weight excluding hydrogens is 689 g/mol. The van der Waals surface area contributed by atoms with Crippen LogP contribution in [-0.4, -0.2) is 82.3 Å². The Labute approximate surface area is 277 Å². The molecule has 0 unspecified atom stereocenters. The van der Waals surface area contributed by atoms with E-state index in [1.165, 1.54) is 24.1 Å². The van der Waals surface area contributed by atoms with Crippen LogP contribution >= 0.6 is 39.1 Å². The minimum atomic E-state index is -1.96. The van der Waals surface area contributed by atoms with Crippen molar-refractivity contribution in [3.63, 3.8) is 0 Å². The van der Waals surface area contributed by atoms with E-state index < -0.39 is 45.2 Å². The number of hydrogen-bond acceptors (Lipinski definition) is 8. The van der Waals surface area contributed by atoms with Crippen LogP contribution in [0, 0.1) is 17.8 Å². The van der Waals surface area contributed by atoms with Crippen LogP contribution in [0.5, 0.6) is 11.5 Å². The molecule has 3 saturated heterocycles. The van der Waals surface area contributed by atoms with Crippen LogP contribution in [0.4, 0.5) is 11.4 Å². The summed E-state index contributed by atoms with van der Waals surface area (Å²) in [7, 11) is 1.42. The molecule has 6 atom stereocenters. The van der Waals surface area contributed by atoms with Crippen LogP contribution in [0.15, 0.2) is 54.1 Å². The quantitative estimate of drug-likeness (QED) is 0.212. The molecule has 45 heavy (non-hydrogen) atoms. The first-order valence-electron chi connectivity index (χ1n) is 14.7. The predicted molar refractivity (Wildman–Crippen MR) is 170 cm³/mol. The molecule has 236 valence electrons. The normalized spacial score (nSPS) is 32.8. The molecule has 10 nitrogen and oxygen atoms in total. The van der Waals surface area contributed by atoms with Crippen LogP contribution in [0.2, 0.25) is 0 Å². The smallest absolute Gasteiger partial charge is 0.254 e. The van der Waals surface area contributed by atoms with Crippen molar-refractivity contribution in [1.29, 1.82) is 0 Å². The van der Waals surface area contributed by atoms with Gasteiger partial charge in [0.05, 0.1) is 43.3 Å². The summed E-state index contributed by atoms with van der Waals surface area (Å²) in [5.41, 5.74) is 2.41. The number of amides is 4. The number of fused-ring (bicyclic) bond motifs is 4. The van der Waals surface area contributed by atoms with Gasteiger partial charge in [0, 0.05) is 36.3 Å². The fourth-order valence-corrected chi connectivity index (χ4v) is 9.34. The summed E-state index contributed by atoms with van der Waals surface area (Å²) in [5, 5.41) is 10.2. The first kappa shape index (κ1) is 30.5. The zero-order chi connectivity index (χ0) is 31.8. The molecule has 3 aliphatic heterocycles. The van der Waals surface area contributed by atoms with Crippen molar-refractivity contribution >= 4 is 74.1 Å². The van der Waals surface area contributed by atoms with Crippen LogP contribution in [0.25, 0.3) is 0 Å². The number of imide groups is 2. The monoisotopic (exact) mass is 717 g/mol. The van der Waals surface area contributed by atoms with E-state index in [9.17, 15) is 24.3 Å². The van der Waals surface area contributed by atoms with Gasteiger partial charge in [-0.1, -0.05) is 33.6 Å². The average molecular weight is 719 g/mol. The fourth-order valence-electron chi connectivity index (χ4n) is 7.93. The molecule has 0 spiro atoms. The number of likely N-dealkylation sites (tertiary alicyclic amines) is 1. The number of anilines is 2. The van der Waals surface area contributed by atoms with Gasteiger partial charge in [0.1, 0.15) is 11.5 Å². The molecule has 5 aliphatic rings. The van der Waals surface area contributed by atoms with Crippen LogP contribution in [0.3, 0.4) is 0 Å². The Kier molecular flexibility index (Phi) is 7.46. The molecule has 4 fully saturated rings. The molecule has 4 amide bonds. The Bertz CT molecular complexity index is 1650. The number of phenols is 1. The van der Waals surface area contributed by atoms with Gasteiger partial charge in [-0.2, -0.15) is 0 Å². The molecule has 1 N–H and O–H groups in total. The summed E-state index contributed by atoms with van der Waals surface area (Å²) >= 11 is 17.8. The first-order valence-corrected chi connectivity index (χ1v) is 16.6. The summed E-state index contributed by atoms with van der Waals surface area (Å²) < 4.78 is 11.1. The highest BCUT2D eigenvalue weighted by molar-refractivity contribution is 9.09. The fraction of sp³-hybridized carbons (Fsp3) is 0.438. The Hall–Kier alpha value is -3.12. The van der Waals surface area contributed by atoms with Gasteiger partial charge in [-0.3, -0.25) is 29.0 Å². The second-order valence-electron chi connectivity index (χ2n) is 12.0. The number of nitrogens with zero attached hydrogens (tertiary/aromatic N) is 3. The molecule has 7 rings (SSSR count). The molecule has 3 heterocycles. The average Bonchev–Trinajstić information content (AvgIpc) is 3.39. The third-order valence-electron chi connectivity index (χ3n) is 10.0. The van der Waals surface area contributed by atoms with Gasteiger partial charge in [0.25, 0.3) is 11.8 Å². The van der Waals surface area contributed by atoms with Gasteiger partial charge in [0.15, 0.2) is 9.75 Å². The summed E-state index contributed by atoms with van der Waals surface area (Å²) in [4.78, 5) is 56.5. The summed E-state index contributed by atoms with van der Waals surface area (Å²) in [5.74, 6) is -5.01. The minimum absolute atomic E-state index is 0.0656. The van der Waals surface area contributed by atoms with Gasteiger partial charge >= 0.3 is 0 Å². The number of benzene rings is 2. The topological polar surface area (TPSA) is 117 Å². The Morgan fingerprint density at radius 3 is 2.33 bits per heavy atom. The third kappa shape index (κ3) is 4.23. The van der Waals surface area contributed by atoms with E-state index in [0.29, 0.717) is 30.0 Å². The van der Waals surface area contributed by atoms with E-state index in [0.717, 1.165) is 23.7 Å². The molecule has 0 aromatic heterocycles. The number of halogens is 3. The summed E-state index contributed by atoms with van der Waals surface area (Å²) in [6, 6.07) is 11.8. The van der Waals surface area contributed by atoms with E-state index in [2.05, 4.69) is 20.8 Å². The van der Waals surface area contributed by atoms with Crippen molar-refractivity contribution < 1.29 is 33.8 Å². The summed E-state index contributed by atoms with van der Waals surface area (Å²) in [6.07, 6.45) is 2.00. The number of ether oxygens (including phenoxy) is 2. The van der Waals surface area contributed by atoms with Crippen molar-refractivity contribution in [2.24, 2.45) is 17.8 Å². The Morgan fingerprint density at radius 2 is 1.67 bits per heavy atom. The molecule has 2 aromatic rings. The third-order valence-corrected chi connectivity index (χ3v) is 11.9. The van der Waals surface area contributed by atoms with Crippen molar-refractivity contribution in [1.82, 2.24) is 4.90 Å². The summed E-state index contributed by atoms with van der Waals surface area (Å²) in [6.45, 7) is 2.78. The number of phenolic OH excluding ortho intramolecular Hbond substituents is 1. The molecule has 2 aliphatic carbocycles. The standard InChI is InChI=1S/C32H30BrCl2N3O7/c1-44-24-14-19(39)6-7-21(24)26-20-8-9-22-25(23(20)15-31(34)29(42)37(16-33)30(43)32(26,31)35)28(41)38(27(22)40)18-4-2-17(3-5-18)36-10-12-45-13-11-36/h2-8,14,22-23,25-26,39H,9-13,15-16H2,1H3/t22-,23+,25-,26+,31+,32-/m0/s1. The molecular formula is C32H30BrCl2N3O7. The Balaban J connectivity index is 1.31. The number of allylic oxidation sites excluding steroid dienone is 2. The lowest BCUT2D eigenvalue weighted by atomic mass is 9.56. The van der Waals surface area contributed by atoms with E-state index in [1.807, 2.05) is 18.2 Å². The van der Waals surface area contributed by atoms with Gasteiger partial charge in [-0.05, 0) is 49.1 Å². The second kappa shape index (κ2) is 11.0. The first-order chi connectivity index (χ1) is 21.6. The number of methoxy groups -OCH3 is 1. The zero-order valence-electron chi connectivity index (χ0n) is 24.3. The highest BCUT2D eigenvalue weighted by Gasteiger charge is 2.76. The van der Waals surface area contributed by atoms with Gasteiger partial charge in [-0.15, -0.1) is 23.2 Å². The highest BCUT2D eigenvalue weighted by atomic mass is 79.9. The minimum Gasteiger partial charge on any atom is -0.508 e. The number of carbonyl (C=O) groups excluding carboxylic acids is 4. The number of hydrogen-bond donors (Lipinski definition) is 1. The molecule has 2 aromatic carbocycles. The van der Waals surface area contributed by atoms with E-state index in [1.54, 1.807) is 18.2 Å². The molecule has 1 saturated carbocycles. The predicted octanol–water partition coefficient (Wildman–Crippen LogP) is 4.15. The maximum Gasteiger partial charge on any atom is 0.254 e. The lowest BCUT2D eigenvalue weighted by Gasteiger charge is -2.50. The van der Waals surface area contributed by atoms with Crippen molar-refractivity contribution in [3.05, 3.63) is 59.7 Å². The second-order valence-corrected chi connectivity index (χ2v) is 13.8. The molecule has 0 radical (unpaired) electrons. The zero-order valence-corrected chi connectivity index (χ0v) is 27.3. The van der Waals surface area contributed by atoms with Crippen molar-refractivity contribution in [2.75, 3.05) is 48.7 Å². The van der Waals surface area contributed by atoms with Crippen molar-refractivity contribution in [2.45, 2.75) is 28.5 Å². The number of alkyl halides is 3. The lowest BCUT2D eigenvalue weighted by Crippen LogP contribution is -2.60. The van der Waals surface area contributed by atoms with E-state index in [4.69, 9.17) is 32.7 Å². The maximum atomic E-state index is 14.3. The number of aromatic hydroxyl groups is 1. The van der Waals surface area contributed by atoms with Crippen molar-refractivity contribution in [3.8, 4) is 11.5 Å². The highest BCUT2D eigenvalue weighted by Crippen LogP contribution is 2.66. The number of rotatable bonds is 5. The van der Waals surface area contributed by atoms with Gasteiger partial charge in [-0.25, -0.2) is 0 Å². The van der Waals surface area contributed by atoms with Crippen LogP contribution < -0.4 is 14.5 Å². The SMILES string of the molecule is COc1cc(O)ccc1[C@H]1C2=CC[C@@H]3C(=O)N(c4ccc(N5CCOCC5)cc4)C(=O)[C@@H]3[C@@H]2C[C@@]2(Cl)C(=O)N(CBr)C(=O)[C@@]12Cl. The van der Waals surface area contributed by atoms with Gasteiger partial charge in [0.2, 0.25) is 11.8 Å². The van der Waals surface area contributed by atoms with Crippen LogP contribution in [0.1, 0.15) is 24.3 Å². The van der Waals surface area contributed by atoms with Gasteiger partial charge < -0.3 is 19.5 Å². The largest absolute Gasteiger partial charge is 0.508 e. The lowest BCUT2D eigenvalue weighted by molar-refractivity contribution is -0.138. The van der Waals surface area contributed by atoms with E-state index >= 15 is 0 Å². The van der Waals surface area contributed by atoms with E-state index in [-0.39, 0.29) is 41.6 Å². The van der Waals surface area contributed by atoms with Crippen LogP contribution in [-0.2, 0) is 23.9 Å².